The van der Waals surface area contributed by atoms with E-state index in [1.807, 2.05) is 42.5 Å². The lowest BCUT2D eigenvalue weighted by Crippen LogP contribution is -2.30. The molecule has 4 rings (SSSR count). The molecule has 0 saturated carbocycles. The van der Waals surface area contributed by atoms with E-state index in [1.165, 1.54) is 16.7 Å². The van der Waals surface area contributed by atoms with Gasteiger partial charge < -0.3 is 4.74 Å². The number of benzene rings is 4. The largest absolute Gasteiger partial charge is 0.427 e. The molecule has 0 heterocycles. The van der Waals surface area contributed by atoms with Crippen LogP contribution in [0.3, 0.4) is 0 Å². The van der Waals surface area contributed by atoms with Gasteiger partial charge in [0.05, 0.1) is 13.5 Å². The molecule has 0 aliphatic carbocycles. The lowest BCUT2D eigenvalue weighted by atomic mass is 9.65. The fraction of sp³-hybridized carbons (Fsp3) is 0.184. The van der Waals surface area contributed by atoms with Crippen molar-refractivity contribution in [3.63, 3.8) is 0 Å². The Hall–Kier alpha value is -4.21. The van der Waals surface area contributed by atoms with Crippen molar-refractivity contribution >= 4 is 14.0 Å². The highest BCUT2D eigenvalue weighted by molar-refractivity contribution is 6.81. The number of esters is 1. The van der Waals surface area contributed by atoms with Gasteiger partial charge in [-0.25, -0.2) is 0 Å². The Morgan fingerprint density at radius 2 is 1.10 bits per heavy atom. The molecule has 4 aromatic rings. The summed E-state index contributed by atoms with van der Waals surface area (Å²) < 4.78 is 5.71. The summed E-state index contributed by atoms with van der Waals surface area (Å²) >= 11 is 0. The molecular formula is C38H40O2Si. The molecule has 3 heteroatoms. The normalized spacial score (nSPS) is 12.4. The quantitative estimate of drug-likeness (QED) is 0.0433. The van der Waals surface area contributed by atoms with Gasteiger partial charge in [-0.05, 0) is 47.2 Å². The maximum Gasteiger partial charge on any atom is 0.311 e. The first kappa shape index (κ1) is 29.8. The first-order valence-electron chi connectivity index (χ1n) is 14.4. The zero-order valence-corrected chi connectivity index (χ0v) is 25.4. The number of hydrogen-bond donors (Lipinski definition) is 0. The Morgan fingerprint density at radius 1 is 0.634 bits per heavy atom. The molecule has 0 spiro atoms. The second kappa shape index (κ2) is 14.4. The van der Waals surface area contributed by atoms with E-state index in [1.54, 1.807) is 0 Å². The second-order valence-electron chi connectivity index (χ2n) is 11.3. The average Bonchev–Trinajstić information content (AvgIpc) is 2.99. The lowest BCUT2D eigenvalue weighted by molar-refractivity contribution is -0.134. The van der Waals surface area contributed by atoms with E-state index in [2.05, 4.69) is 128 Å². The summed E-state index contributed by atoms with van der Waals surface area (Å²) in [7, 11) is -1.15. The van der Waals surface area contributed by atoms with Crippen molar-refractivity contribution in [2.45, 2.75) is 44.3 Å². The Labute approximate surface area is 246 Å². The number of unbranched alkanes of at least 4 members (excludes halogenated alkanes) is 1. The zero-order valence-electron chi connectivity index (χ0n) is 24.4. The van der Waals surface area contributed by atoms with Crippen LogP contribution in [0.4, 0.5) is 0 Å². The fourth-order valence-electron chi connectivity index (χ4n) is 5.03. The molecule has 0 bridgehead atoms. The van der Waals surface area contributed by atoms with E-state index in [9.17, 15) is 4.79 Å². The minimum atomic E-state index is -1.15. The molecule has 0 N–H and O–H groups in total. The zero-order chi connectivity index (χ0) is 29.0. The molecule has 208 valence electrons. The van der Waals surface area contributed by atoms with Crippen molar-refractivity contribution in [2.75, 3.05) is 0 Å². The number of carbonyl (C=O) groups is 1. The van der Waals surface area contributed by atoms with E-state index in [4.69, 9.17) is 4.74 Å². The topological polar surface area (TPSA) is 26.3 Å². The van der Waals surface area contributed by atoms with Crippen molar-refractivity contribution in [3.8, 4) is 5.75 Å². The van der Waals surface area contributed by atoms with Gasteiger partial charge in [-0.2, -0.15) is 0 Å². The van der Waals surface area contributed by atoms with Crippen molar-refractivity contribution in [1.29, 1.82) is 0 Å². The van der Waals surface area contributed by atoms with Crippen LogP contribution in [0.2, 0.25) is 19.6 Å². The highest BCUT2D eigenvalue weighted by atomic mass is 28.3. The number of allylic oxidation sites excluding steroid dienone is 5. The third-order valence-corrected chi connectivity index (χ3v) is 8.15. The van der Waals surface area contributed by atoms with Crippen LogP contribution in [-0.4, -0.2) is 14.0 Å². The van der Waals surface area contributed by atoms with Crippen LogP contribution in [0.1, 0.15) is 41.5 Å². The van der Waals surface area contributed by atoms with Crippen LogP contribution >= 0.6 is 0 Å². The number of rotatable bonds is 12. The summed E-state index contributed by atoms with van der Waals surface area (Å²) in [6.07, 6.45) is 12.3. The molecule has 0 aliphatic heterocycles. The van der Waals surface area contributed by atoms with Crippen molar-refractivity contribution < 1.29 is 9.53 Å². The number of carbonyl (C=O) groups excluding carboxylic acids is 1. The Kier molecular flexibility index (Phi) is 10.5. The molecule has 4 aromatic carbocycles. The van der Waals surface area contributed by atoms with Gasteiger partial charge in [0.2, 0.25) is 0 Å². The Bertz CT molecular complexity index is 1350. The van der Waals surface area contributed by atoms with Gasteiger partial charge in [-0.1, -0.05) is 159 Å². The maximum absolute atomic E-state index is 12.6. The summed E-state index contributed by atoms with van der Waals surface area (Å²) in [4.78, 5) is 12.6. The summed E-state index contributed by atoms with van der Waals surface area (Å²) in [5.74, 6) is 0.356. The van der Waals surface area contributed by atoms with E-state index in [-0.39, 0.29) is 5.97 Å². The van der Waals surface area contributed by atoms with Gasteiger partial charge in [0.1, 0.15) is 5.75 Å². The van der Waals surface area contributed by atoms with Gasteiger partial charge in [0.25, 0.3) is 0 Å². The van der Waals surface area contributed by atoms with Crippen LogP contribution < -0.4 is 4.74 Å². The first-order chi connectivity index (χ1) is 19.9. The summed E-state index contributed by atoms with van der Waals surface area (Å²) in [6, 6.07) is 39.8. The predicted molar refractivity (Wildman–Crippen MR) is 175 cm³/mol. The summed E-state index contributed by atoms with van der Waals surface area (Å²) in [5, 5.41) is 0. The first-order valence-corrected chi connectivity index (χ1v) is 18.0. The van der Waals surface area contributed by atoms with Crippen LogP contribution in [-0.2, 0) is 10.2 Å². The van der Waals surface area contributed by atoms with Crippen molar-refractivity contribution in [1.82, 2.24) is 0 Å². The maximum atomic E-state index is 12.6. The molecular weight excluding hydrogens is 517 g/mol. The van der Waals surface area contributed by atoms with Gasteiger partial charge in [0, 0.05) is 6.42 Å². The van der Waals surface area contributed by atoms with Crippen molar-refractivity contribution in [3.05, 3.63) is 174 Å². The van der Waals surface area contributed by atoms with Crippen molar-refractivity contribution in [2.24, 2.45) is 0 Å². The van der Waals surface area contributed by atoms with E-state index in [0.29, 0.717) is 12.2 Å². The number of hydrogen-bond acceptors (Lipinski definition) is 2. The summed E-state index contributed by atoms with van der Waals surface area (Å²) in [5.41, 5.74) is 6.44. The van der Waals surface area contributed by atoms with Crippen LogP contribution in [0, 0.1) is 0 Å². The summed E-state index contributed by atoms with van der Waals surface area (Å²) in [6.45, 7) is 6.94. The minimum Gasteiger partial charge on any atom is -0.427 e. The predicted octanol–water partition coefficient (Wildman–Crippen LogP) is 9.69. The monoisotopic (exact) mass is 556 g/mol. The molecule has 0 aromatic heterocycles. The number of ether oxygens (including phenoxy) is 1. The van der Waals surface area contributed by atoms with Crippen LogP contribution in [0.15, 0.2) is 151 Å². The minimum absolute atomic E-state index is 0.208. The SMILES string of the molecule is C[Si](C)(C)C=CC=CC=CCCCC(=O)Oc1ccc(C(c2ccccc2)(c2ccccc2)c2ccccc2)cc1. The van der Waals surface area contributed by atoms with Crippen LogP contribution in [0.25, 0.3) is 0 Å². The van der Waals surface area contributed by atoms with Gasteiger partial charge in [-0.3, -0.25) is 4.79 Å². The average molecular weight is 557 g/mol. The molecule has 0 unspecified atom stereocenters. The van der Waals surface area contributed by atoms with Crippen LogP contribution in [0.5, 0.6) is 5.75 Å². The second-order valence-corrected chi connectivity index (χ2v) is 16.3. The molecule has 41 heavy (non-hydrogen) atoms. The molecule has 0 atom stereocenters. The van der Waals surface area contributed by atoms with E-state index >= 15 is 0 Å². The third kappa shape index (κ3) is 8.15. The fourth-order valence-corrected chi connectivity index (χ4v) is 5.72. The smallest absolute Gasteiger partial charge is 0.311 e. The lowest BCUT2D eigenvalue weighted by Gasteiger charge is -2.36. The van der Waals surface area contributed by atoms with Gasteiger partial charge >= 0.3 is 5.97 Å². The Balaban J connectivity index is 1.48. The van der Waals surface area contributed by atoms with Gasteiger partial charge in [-0.15, -0.1) is 0 Å². The molecule has 0 aliphatic rings. The molecule has 0 radical (unpaired) electrons. The highest BCUT2D eigenvalue weighted by Crippen LogP contribution is 2.45. The standard InChI is InChI=1S/C38H40O2Si/c1-41(2,3)31-19-8-6-4-5-7-18-26-37(39)40-36-29-27-35(28-30-36)38(32-20-12-9-13-21-32,33-22-14-10-15-23-33)34-24-16-11-17-25-34/h4-6,8-17,19-25,27-31H,7,18,26H2,1-3H3. The molecule has 0 fully saturated rings. The van der Waals surface area contributed by atoms with Gasteiger partial charge in [0.15, 0.2) is 0 Å². The highest BCUT2D eigenvalue weighted by Gasteiger charge is 2.38. The molecule has 2 nitrogen and oxygen atoms in total. The molecule has 0 saturated heterocycles. The Morgan fingerprint density at radius 3 is 1.59 bits per heavy atom. The molecule has 0 amide bonds. The third-order valence-electron chi connectivity index (χ3n) is 6.96. The van der Waals surface area contributed by atoms with E-state index < -0.39 is 13.5 Å². The van der Waals surface area contributed by atoms with E-state index in [0.717, 1.165) is 18.4 Å².